The van der Waals surface area contributed by atoms with Gasteiger partial charge in [-0.05, 0) is 77.0 Å². The fourth-order valence-corrected chi connectivity index (χ4v) is 5.89. The third kappa shape index (κ3) is 27.2. The maximum Gasteiger partial charge on any atom is 0.306 e. The lowest BCUT2D eigenvalue weighted by Crippen LogP contribution is -2.59. The average molecular weight is 749 g/mol. The van der Waals surface area contributed by atoms with Gasteiger partial charge in [0.2, 0.25) is 0 Å². The van der Waals surface area contributed by atoms with E-state index >= 15 is 0 Å². The van der Waals surface area contributed by atoms with E-state index in [1.54, 1.807) is 0 Å². The molecule has 1 rings (SSSR count). The first-order valence-electron chi connectivity index (χ1n) is 20.9. The van der Waals surface area contributed by atoms with Gasteiger partial charge < -0.3 is 39.4 Å². The van der Waals surface area contributed by atoms with Gasteiger partial charge in [0.05, 0.1) is 19.8 Å². The van der Waals surface area contributed by atoms with Crippen LogP contribution in [-0.2, 0) is 23.7 Å². The van der Waals surface area contributed by atoms with E-state index in [1.165, 1.54) is 38.5 Å². The number of hydrogen-bond donors (Lipinski definition) is 4. The molecule has 6 unspecified atom stereocenters. The Labute approximate surface area is 322 Å². The van der Waals surface area contributed by atoms with Gasteiger partial charge >= 0.3 is 5.97 Å². The van der Waals surface area contributed by atoms with Gasteiger partial charge in [-0.25, -0.2) is 0 Å². The van der Waals surface area contributed by atoms with Crippen LogP contribution in [0.4, 0.5) is 0 Å². The quantitative estimate of drug-likeness (QED) is 0.0290. The minimum atomic E-state index is -1.54. The summed E-state index contributed by atoms with van der Waals surface area (Å²) >= 11 is 0. The number of carbonyl (C=O) groups is 1. The summed E-state index contributed by atoms with van der Waals surface area (Å²) in [6.45, 7) is 4.34. The van der Waals surface area contributed by atoms with Crippen molar-refractivity contribution in [2.45, 2.75) is 185 Å². The van der Waals surface area contributed by atoms with Crippen molar-refractivity contribution in [1.29, 1.82) is 0 Å². The lowest BCUT2D eigenvalue weighted by Gasteiger charge is -2.39. The van der Waals surface area contributed by atoms with Crippen LogP contribution < -0.4 is 0 Å². The SMILES string of the molecule is CC/C=C\C/C=C\C/C=C\C/C=C\CCCCCCCOCC(COC1OC(CO)C(O)C(O)C1O)OC(=O)CCCCCCC/C=C\CCCCC. The largest absolute Gasteiger partial charge is 0.457 e. The number of aliphatic hydroxyl groups is 4. The molecule has 0 aromatic rings. The molecular weight excluding hydrogens is 672 g/mol. The summed E-state index contributed by atoms with van der Waals surface area (Å²) in [6, 6.07) is 0. The fourth-order valence-electron chi connectivity index (χ4n) is 5.89. The summed E-state index contributed by atoms with van der Waals surface area (Å²) in [7, 11) is 0. The Balaban J connectivity index is 2.31. The van der Waals surface area contributed by atoms with Gasteiger partial charge in [0.15, 0.2) is 6.29 Å². The van der Waals surface area contributed by atoms with Crippen LogP contribution >= 0.6 is 0 Å². The minimum Gasteiger partial charge on any atom is -0.457 e. The van der Waals surface area contributed by atoms with Crippen molar-refractivity contribution in [2.75, 3.05) is 26.4 Å². The first kappa shape index (κ1) is 48.9. The highest BCUT2D eigenvalue weighted by Crippen LogP contribution is 2.22. The molecule has 0 saturated carbocycles. The summed E-state index contributed by atoms with van der Waals surface area (Å²) < 4.78 is 22.7. The second kappa shape index (κ2) is 35.6. The predicted molar refractivity (Wildman–Crippen MR) is 214 cm³/mol. The maximum atomic E-state index is 12.7. The molecule has 0 aromatic heterocycles. The normalized spacial score (nSPS) is 21.7. The number of aliphatic hydroxyl groups excluding tert-OH is 4. The van der Waals surface area contributed by atoms with E-state index in [-0.39, 0.29) is 19.2 Å². The Bertz CT molecular complexity index is 989. The Morgan fingerprint density at radius 1 is 0.623 bits per heavy atom. The first-order chi connectivity index (χ1) is 25.9. The van der Waals surface area contributed by atoms with Crippen molar-refractivity contribution < 1.29 is 44.2 Å². The van der Waals surface area contributed by atoms with E-state index < -0.39 is 43.4 Å². The van der Waals surface area contributed by atoms with Gasteiger partial charge in [0.25, 0.3) is 0 Å². The van der Waals surface area contributed by atoms with E-state index in [2.05, 4.69) is 74.6 Å². The van der Waals surface area contributed by atoms with Crippen molar-refractivity contribution in [2.24, 2.45) is 0 Å². The van der Waals surface area contributed by atoms with Gasteiger partial charge in [0.1, 0.15) is 30.5 Å². The smallest absolute Gasteiger partial charge is 0.306 e. The third-order valence-corrected chi connectivity index (χ3v) is 9.17. The average Bonchev–Trinajstić information content (AvgIpc) is 3.16. The van der Waals surface area contributed by atoms with Gasteiger partial charge in [0, 0.05) is 13.0 Å². The Hall–Kier alpha value is -2.11. The topological polar surface area (TPSA) is 135 Å². The van der Waals surface area contributed by atoms with E-state index in [0.29, 0.717) is 13.0 Å². The highest BCUT2D eigenvalue weighted by molar-refractivity contribution is 5.69. The van der Waals surface area contributed by atoms with Crippen LogP contribution in [-0.4, -0.2) is 89.6 Å². The molecule has 1 saturated heterocycles. The lowest BCUT2D eigenvalue weighted by molar-refractivity contribution is -0.305. The van der Waals surface area contributed by atoms with E-state index in [0.717, 1.165) is 89.9 Å². The Kier molecular flexibility index (Phi) is 32.8. The third-order valence-electron chi connectivity index (χ3n) is 9.17. The molecular formula is C44H76O9. The van der Waals surface area contributed by atoms with Crippen molar-refractivity contribution in [1.82, 2.24) is 0 Å². The van der Waals surface area contributed by atoms with Crippen LogP contribution in [0.3, 0.4) is 0 Å². The lowest BCUT2D eigenvalue weighted by atomic mass is 9.99. The first-order valence-corrected chi connectivity index (χ1v) is 20.9. The molecule has 6 atom stereocenters. The minimum absolute atomic E-state index is 0.126. The van der Waals surface area contributed by atoms with E-state index in [1.807, 2.05) is 0 Å². The molecule has 0 radical (unpaired) electrons. The summed E-state index contributed by atoms with van der Waals surface area (Å²) in [5, 5.41) is 40.0. The summed E-state index contributed by atoms with van der Waals surface area (Å²) in [6.07, 6.45) is 36.7. The van der Waals surface area contributed by atoms with Gasteiger partial charge in [-0.1, -0.05) is 126 Å². The monoisotopic (exact) mass is 749 g/mol. The Morgan fingerprint density at radius 2 is 1.15 bits per heavy atom. The van der Waals surface area contributed by atoms with Crippen LogP contribution in [0, 0.1) is 0 Å². The molecule has 0 aromatic carbocycles. The Morgan fingerprint density at radius 3 is 1.75 bits per heavy atom. The second-order valence-electron chi connectivity index (χ2n) is 14.0. The number of esters is 1. The number of allylic oxidation sites excluding steroid dienone is 10. The zero-order chi connectivity index (χ0) is 38.6. The van der Waals surface area contributed by atoms with Crippen molar-refractivity contribution in [3.63, 3.8) is 0 Å². The molecule has 53 heavy (non-hydrogen) atoms. The number of carbonyl (C=O) groups excluding carboxylic acids is 1. The van der Waals surface area contributed by atoms with Crippen LogP contribution in [0.2, 0.25) is 0 Å². The van der Waals surface area contributed by atoms with Crippen LogP contribution in [0.1, 0.15) is 149 Å². The molecule has 0 aliphatic carbocycles. The zero-order valence-electron chi connectivity index (χ0n) is 33.2. The molecule has 1 aliphatic heterocycles. The molecule has 1 fully saturated rings. The van der Waals surface area contributed by atoms with Crippen LogP contribution in [0.15, 0.2) is 60.8 Å². The molecule has 0 amide bonds. The summed E-state index contributed by atoms with van der Waals surface area (Å²) in [5.41, 5.74) is 0. The molecule has 1 heterocycles. The molecule has 306 valence electrons. The molecule has 9 nitrogen and oxygen atoms in total. The standard InChI is InChI=1S/C44H76O9/c1-3-5-7-9-11-13-15-17-18-19-20-21-22-24-26-28-30-32-34-50-36-38(37-51-44-43(49)42(48)41(47)39(35-45)53-44)52-40(46)33-31-29-27-25-23-16-14-12-10-8-6-4-2/h5,7,11-14,17-18,20-21,38-39,41-45,47-49H,3-4,6,8-10,15-16,19,22-37H2,1-2H3/b7-5-,13-11-,14-12-,18-17-,21-20-. The number of ether oxygens (including phenoxy) is 4. The summed E-state index contributed by atoms with van der Waals surface area (Å²) in [4.78, 5) is 12.7. The zero-order valence-corrected chi connectivity index (χ0v) is 33.2. The highest BCUT2D eigenvalue weighted by atomic mass is 16.7. The predicted octanol–water partition coefficient (Wildman–Crippen LogP) is 8.74. The van der Waals surface area contributed by atoms with Gasteiger partial charge in [-0.3, -0.25) is 4.79 Å². The van der Waals surface area contributed by atoms with Crippen molar-refractivity contribution in [3.8, 4) is 0 Å². The van der Waals surface area contributed by atoms with Crippen molar-refractivity contribution >= 4 is 5.97 Å². The maximum absolute atomic E-state index is 12.7. The van der Waals surface area contributed by atoms with Crippen LogP contribution in [0.5, 0.6) is 0 Å². The summed E-state index contributed by atoms with van der Waals surface area (Å²) in [5.74, 6) is -0.334. The molecule has 0 bridgehead atoms. The van der Waals surface area contributed by atoms with Crippen LogP contribution in [0.25, 0.3) is 0 Å². The van der Waals surface area contributed by atoms with E-state index in [4.69, 9.17) is 18.9 Å². The van der Waals surface area contributed by atoms with E-state index in [9.17, 15) is 25.2 Å². The second-order valence-corrected chi connectivity index (χ2v) is 14.0. The highest BCUT2D eigenvalue weighted by Gasteiger charge is 2.44. The molecule has 9 heteroatoms. The van der Waals surface area contributed by atoms with Crippen molar-refractivity contribution in [3.05, 3.63) is 60.8 Å². The number of rotatable bonds is 34. The fraction of sp³-hybridized carbons (Fsp3) is 0.750. The van der Waals surface area contributed by atoms with Gasteiger partial charge in [-0.15, -0.1) is 0 Å². The number of hydrogen-bond acceptors (Lipinski definition) is 9. The molecule has 0 spiro atoms. The molecule has 4 N–H and O–H groups in total. The number of unbranched alkanes of at least 4 members (excludes halogenated alkanes) is 13. The van der Waals surface area contributed by atoms with Gasteiger partial charge in [-0.2, -0.15) is 0 Å². The molecule has 1 aliphatic rings.